The average Bonchev–Trinajstić information content (AvgIpc) is 3.25. The van der Waals surface area contributed by atoms with Gasteiger partial charge in [-0.1, -0.05) is 177 Å². The number of aliphatic hydroxyl groups is 5. The van der Waals surface area contributed by atoms with Crippen molar-refractivity contribution < 1.29 is 39.8 Å². The molecular weight excluding hydrogens is 755 g/mol. The number of hydrogen-bond donors (Lipinski definition) is 6. The molecule has 60 heavy (non-hydrogen) atoms. The van der Waals surface area contributed by atoms with E-state index in [1.165, 1.54) is 109 Å². The van der Waals surface area contributed by atoms with Crippen molar-refractivity contribution in [1.29, 1.82) is 0 Å². The first-order chi connectivity index (χ1) is 29.3. The van der Waals surface area contributed by atoms with E-state index in [1.54, 1.807) is 6.08 Å². The third-order valence-electron chi connectivity index (χ3n) is 11.3. The number of carbonyl (C=O) groups excluding carboxylic acids is 1. The van der Waals surface area contributed by atoms with Crippen LogP contribution in [0.25, 0.3) is 0 Å². The molecule has 1 fully saturated rings. The van der Waals surface area contributed by atoms with Gasteiger partial charge in [0.15, 0.2) is 6.29 Å². The van der Waals surface area contributed by atoms with Crippen molar-refractivity contribution in [1.82, 2.24) is 5.32 Å². The monoisotopic (exact) mass is 846 g/mol. The van der Waals surface area contributed by atoms with Crippen LogP contribution in [0.4, 0.5) is 0 Å². The van der Waals surface area contributed by atoms with Crippen LogP contribution in [0, 0.1) is 0 Å². The van der Waals surface area contributed by atoms with Crippen molar-refractivity contribution in [3.05, 3.63) is 60.8 Å². The van der Waals surface area contributed by atoms with E-state index < -0.39 is 49.5 Å². The standard InChI is InChI=1S/C51H91NO8/c1-3-5-7-9-11-13-15-17-19-20-21-22-23-24-25-27-28-30-32-34-36-38-40-45(54)44(43-59-51-50(58)49(57)48(56)46(42-53)60-51)52-47(55)41-39-37-35-33-31-29-26-18-16-14-12-10-8-6-4-2/h12,14,18,24-26,30,32,38,40,44-46,48-51,53-54,56-58H,3-11,13,15-17,19-23,27-29,31,33-37,39,41-43H2,1-2H3,(H,52,55)/b14-12-,25-24+,26-18-,32-30+,40-38+. The Balaban J connectivity index is 2.37. The minimum absolute atomic E-state index is 0.207. The largest absolute Gasteiger partial charge is 0.394 e. The van der Waals surface area contributed by atoms with Crippen LogP contribution in [-0.4, -0.2) is 87.5 Å². The number of hydrogen-bond acceptors (Lipinski definition) is 8. The highest BCUT2D eigenvalue weighted by Gasteiger charge is 2.44. The molecule has 0 aromatic rings. The molecule has 0 aromatic carbocycles. The maximum absolute atomic E-state index is 13.0. The first-order valence-electron chi connectivity index (χ1n) is 24.5. The van der Waals surface area contributed by atoms with Gasteiger partial charge in [-0.05, 0) is 77.0 Å². The number of unbranched alkanes of at least 4 members (excludes halogenated alkanes) is 22. The number of carbonyl (C=O) groups is 1. The number of rotatable bonds is 40. The number of allylic oxidation sites excluding steroid dienone is 9. The Kier molecular flexibility index (Phi) is 38.1. The predicted octanol–water partition coefficient (Wildman–Crippen LogP) is 10.8. The molecule has 7 unspecified atom stereocenters. The fraction of sp³-hybridized carbons (Fsp3) is 0.784. The molecule has 0 bridgehead atoms. The van der Waals surface area contributed by atoms with Crippen LogP contribution in [0.1, 0.15) is 200 Å². The van der Waals surface area contributed by atoms with Gasteiger partial charge in [0.25, 0.3) is 0 Å². The van der Waals surface area contributed by atoms with Crippen LogP contribution >= 0.6 is 0 Å². The molecule has 6 N–H and O–H groups in total. The van der Waals surface area contributed by atoms with Crippen LogP contribution in [-0.2, 0) is 14.3 Å². The van der Waals surface area contributed by atoms with Crippen molar-refractivity contribution in [3.8, 4) is 0 Å². The molecule has 1 amide bonds. The summed E-state index contributed by atoms with van der Waals surface area (Å²) in [7, 11) is 0. The summed E-state index contributed by atoms with van der Waals surface area (Å²) in [6.45, 7) is 3.71. The van der Waals surface area contributed by atoms with E-state index in [0.29, 0.717) is 6.42 Å². The van der Waals surface area contributed by atoms with Crippen LogP contribution in [0.5, 0.6) is 0 Å². The third kappa shape index (κ3) is 30.8. The van der Waals surface area contributed by atoms with E-state index in [4.69, 9.17) is 9.47 Å². The van der Waals surface area contributed by atoms with Gasteiger partial charge in [-0.25, -0.2) is 0 Å². The molecule has 9 heteroatoms. The van der Waals surface area contributed by atoms with E-state index in [1.807, 2.05) is 6.08 Å². The predicted molar refractivity (Wildman–Crippen MR) is 249 cm³/mol. The van der Waals surface area contributed by atoms with Gasteiger partial charge >= 0.3 is 0 Å². The van der Waals surface area contributed by atoms with E-state index in [0.717, 1.165) is 70.6 Å². The van der Waals surface area contributed by atoms with E-state index in [9.17, 15) is 30.3 Å². The van der Waals surface area contributed by atoms with Crippen molar-refractivity contribution in [2.45, 2.75) is 243 Å². The van der Waals surface area contributed by atoms with Crippen molar-refractivity contribution in [3.63, 3.8) is 0 Å². The zero-order valence-electron chi connectivity index (χ0n) is 38.2. The van der Waals surface area contributed by atoms with Crippen molar-refractivity contribution in [2.75, 3.05) is 13.2 Å². The lowest BCUT2D eigenvalue weighted by Gasteiger charge is -2.40. The Hall–Kier alpha value is -2.11. The Morgan fingerprint density at radius 1 is 0.567 bits per heavy atom. The Morgan fingerprint density at radius 3 is 1.53 bits per heavy atom. The van der Waals surface area contributed by atoms with Gasteiger partial charge in [-0.15, -0.1) is 0 Å². The molecule has 1 heterocycles. The molecule has 1 saturated heterocycles. The summed E-state index contributed by atoms with van der Waals surface area (Å²) in [5, 5.41) is 54.2. The van der Waals surface area contributed by atoms with Crippen molar-refractivity contribution >= 4 is 5.91 Å². The average molecular weight is 846 g/mol. The summed E-state index contributed by atoms with van der Waals surface area (Å²) >= 11 is 0. The van der Waals surface area contributed by atoms with E-state index >= 15 is 0 Å². The Bertz CT molecular complexity index is 1120. The van der Waals surface area contributed by atoms with Crippen LogP contribution in [0.3, 0.4) is 0 Å². The lowest BCUT2D eigenvalue weighted by Crippen LogP contribution is -2.60. The molecule has 0 aromatic heterocycles. The summed E-state index contributed by atoms with van der Waals surface area (Å²) in [5.41, 5.74) is 0. The van der Waals surface area contributed by atoms with Gasteiger partial charge in [0.05, 0.1) is 25.4 Å². The van der Waals surface area contributed by atoms with Crippen LogP contribution in [0.2, 0.25) is 0 Å². The maximum atomic E-state index is 13.0. The summed E-state index contributed by atoms with van der Waals surface area (Å²) in [6.07, 6.45) is 47.0. The number of aliphatic hydroxyl groups excluding tert-OH is 5. The quantitative estimate of drug-likeness (QED) is 0.0264. The lowest BCUT2D eigenvalue weighted by molar-refractivity contribution is -0.302. The molecule has 7 atom stereocenters. The highest BCUT2D eigenvalue weighted by atomic mass is 16.7. The van der Waals surface area contributed by atoms with E-state index in [-0.39, 0.29) is 12.5 Å². The van der Waals surface area contributed by atoms with Crippen LogP contribution < -0.4 is 5.32 Å². The fourth-order valence-corrected chi connectivity index (χ4v) is 7.33. The second-order valence-electron chi connectivity index (χ2n) is 16.9. The molecule has 1 rings (SSSR count). The minimum Gasteiger partial charge on any atom is -0.394 e. The number of ether oxygens (including phenoxy) is 2. The Morgan fingerprint density at radius 2 is 1.00 bits per heavy atom. The smallest absolute Gasteiger partial charge is 0.220 e. The molecule has 0 saturated carbocycles. The van der Waals surface area contributed by atoms with Crippen LogP contribution in [0.15, 0.2) is 60.8 Å². The van der Waals surface area contributed by atoms with Gasteiger partial charge in [0.2, 0.25) is 5.91 Å². The molecule has 0 spiro atoms. The third-order valence-corrected chi connectivity index (χ3v) is 11.3. The molecule has 1 aliphatic rings. The molecule has 9 nitrogen and oxygen atoms in total. The first kappa shape index (κ1) is 55.9. The van der Waals surface area contributed by atoms with Gasteiger partial charge in [0, 0.05) is 6.42 Å². The zero-order chi connectivity index (χ0) is 43.7. The van der Waals surface area contributed by atoms with Gasteiger partial charge < -0.3 is 40.3 Å². The first-order valence-corrected chi connectivity index (χ1v) is 24.5. The highest BCUT2D eigenvalue weighted by Crippen LogP contribution is 2.22. The Labute approximate surface area is 366 Å². The summed E-state index contributed by atoms with van der Waals surface area (Å²) in [4.78, 5) is 13.0. The highest BCUT2D eigenvalue weighted by molar-refractivity contribution is 5.76. The normalized spacial score (nSPS) is 21.1. The maximum Gasteiger partial charge on any atom is 0.220 e. The molecule has 0 aliphatic carbocycles. The van der Waals surface area contributed by atoms with Crippen molar-refractivity contribution in [2.24, 2.45) is 0 Å². The molecule has 348 valence electrons. The minimum atomic E-state index is -1.58. The lowest BCUT2D eigenvalue weighted by atomic mass is 9.99. The van der Waals surface area contributed by atoms with Gasteiger partial charge in [-0.2, -0.15) is 0 Å². The summed E-state index contributed by atoms with van der Waals surface area (Å²) < 4.78 is 11.2. The second kappa shape index (κ2) is 40.9. The second-order valence-corrected chi connectivity index (χ2v) is 16.9. The van der Waals surface area contributed by atoms with E-state index in [2.05, 4.69) is 67.8 Å². The fourth-order valence-electron chi connectivity index (χ4n) is 7.33. The summed E-state index contributed by atoms with van der Waals surface area (Å²) in [5.74, 6) is -0.207. The SMILES string of the molecule is CCCCC/C=C\C/C=C\CCCCCCCC(=O)NC(COC1OC(CO)C(O)C(O)C1O)C(O)/C=C/CC/C=C/CC/C=C/CCCCCCCCCCCCCC. The van der Waals surface area contributed by atoms with Gasteiger partial charge in [0.1, 0.15) is 24.4 Å². The molecule has 1 aliphatic heterocycles. The molecule has 0 radical (unpaired) electrons. The number of amides is 1. The van der Waals surface area contributed by atoms with Gasteiger partial charge in [-0.3, -0.25) is 4.79 Å². The molecular formula is C51H91NO8. The zero-order valence-corrected chi connectivity index (χ0v) is 38.2. The topological polar surface area (TPSA) is 149 Å². The number of nitrogens with one attached hydrogen (secondary N) is 1. The summed E-state index contributed by atoms with van der Waals surface area (Å²) in [6, 6.07) is -0.837.